The molecule has 0 bridgehead atoms. The van der Waals surface area contributed by atoms with E-state index in [1.165, 1.54) is 18.6 Å². The molecule has 1 unspecified atom stereocenters. The summed E-state index contributed by atoms with van der Waals surface area (Å²) in [6.07, 6.45) is 2.05. The number of carbonyl (C=O) groups excluding carboxylic acids is 1. The number of nitrogens with two attached hydrogens (primary N) is 1. The number of nitrogens with zero attached hydrogens (tertiary/aromatic N) is 4. The van der Waals surface area contributed by atoms with Crippen molar-refractivity contribution in [2.45, 2.75) is 25.1 Å². The molecule has 2 atom stereocenters. The predicted octanol–water partition coefficient (Wildman–Crippen LogP) is 3.19. The summed E-state index contributed by atoms with van der Waals surface area (Å²) in [5, 5.41) is 1.08. The van der Waals surface area contributed by atoms with Crippen LogP contribution in [0.4, 0.5) is 19.0 Å². The molecule has 1 aliphatic rings. The van der Waals surface area contributed by atoms with E-state index in [4.69, 9.17) is 17.3 Å². The lowest BCUT2D eigenvalue weighted by molar-refractivity contribution is -0.149. The molecule has 0 aliphatic carbocycles. The van der Waals surface area contributed by atoms with Crippen molar-refractivity contribution in [1.29, 1.82) is 0 Å². The van der Waals surface area contributed by atoms with Gasteiger partial charge in [0.15, 0.2) is 12.6 Å². The number of amides is 1. The van der Waals surface area contributed by atoms with E-state index in [1.54, 1.807) is 12.3 Å². The van der Waals surface area contributed by atoms with E-state index in [9.17, 15) is 18.0 Å². The van der Waals surface area contributed by atoms with Crippen molar-refractivity contribution in [3.05, 3.63) is 35.9 Å². The molecular weight excluding hydrogens is 409 g/mol. The van der Waals surface area contributed by atoms with Gasteiger partial charge in [-0.1, -0.05) is 11.6 Å². The number of rotatable bonds is 4. The molecule has 0 spiro atoms. The van der Waals surface area contributed by atoms with Crippen LogP contribution in [0.1, 0.15) is 12.8 Å². The number of carbonyl (C=O) groups is 1. The zero-order chi connectivity index (χ0) is 20.8. The van der Waals surface area contributed by atoms with Crippen LogP contribution in [0, 0.1) is 0 Å². The average molecular weight is 426 g/mol. The highest BCUT2D eigenvalue weighted by atomic mass is 35.5. The summed E-state index contributed by atoms with van der Waals surface area (Å²) in [6.45, 7) is -1.13. The van der Waals surface area contributed by atoms with Crippen LogP contribution in [0.5, 0.6) is 0 Å². The van der Waals surface area contributed by atoms with Gasteiger partial charge in [-0.25, -0.2) is 4.98 Å². The molecule has 0 aromatic carbocycles. The number of nitrogens with one attached hydrogen (secondary N) is 1. The Bertz CT molecular complexity index is 1080. The summed E-state index contributed by atoms with van der Waals surface area (Å²) in [4.78, 5) is 27.7. The van der Waals surface area contributed by atoms with Crippen LogP contribution in [-0.4, -0.2) is 51.2 Å². The van der Waals surface area contributed by atoms with Crippen LogP contribution in [0.15, 0.2) is 30.9 Å². The first kappa shape index (κ1) is 19.6. The Hall–Kier alpha value is -2.72. The molecule has 152 valence electrons. The summed E-state index contributed by atoms with van der Waals surface area (Å²) >= 11 is 6.03. The molecule has 1 aliphatic heterocycles. The van der Waals surface area contributed by atoms with Gasteiger partial charge in [0.25, 0.3) is 5.91 Å². The monoisotopic (exact) mass is 425 g/mol. The fourth-order valence-corrected chi connectivity index (χ4v) is 4.27. The second-order valence-electron chi connectivity index (χ2n) is 7.11. The molecule has 1 amide bonds. The van der Waals surface area contributed by atoms with Crippen LogP contribution in [0.25, 0.3) is 22.3 Å². The number of alkyl halides is 3. The Morgan fingerprint density at radius 3 is 2.86 bits per heavy atom. The Balaban J connectivity index is 1.85. The minimum Gasteiger partial charge on any atom is -0.364 e. The van der Waals surface area contributed by atoms with E-state index in [2.05, 4.69) is 19.9 Å². The molecule has 7 nitrogen and oxygen atoms in total. The molecule has 4 heterocycles. The van der Waals surface area contributed by atoms with Gasteiger partial charge in [0.2, 0.25) is 5.82 Å². The zero-order valence-corrected chi connectivity index (χ0v) is 15.8. The molecular formula is C18H17ClF3N6O+. The van der Waals surface area contributed by atoms with Crippen molar-refractivity contribution >= 4 is 34.4 Å². The first-order chi connectivity index (χ1) is 13.7. The number of primary amides is 1. The number of aromatic amines is 1. The van der Waals surface area contributed by atoms with Crippen molar-refractivity contribution in [2.75, 3.05) is 13.1 Å². The van der Waals surface area contributed by atoms with Gasteiger partial charge in [-0.05, 0) is 6.07 Å². The maximum Gasteiger partial charge on any atom is 0.438 e. The molecule has 1 saturated heterocycles. The van der Waals surface area contributed by atoms with E-state index in [1.807, 2.05) is 0 Å². The van der Waals surface area contributed by atoms with Gasteiger partial charge in [-0.2, -0.15) is 18.2 Å². The lowest BCUT2D eigenvalue weighted by atomic mass is 10.1. The average Bonchev–Trinajstić information content (AvgIpc) is 3.25. The highest BCUT2D eigenvalue weighted by Gasteiger charge is 2.54. The summed E-state index contributed by atoms with van der Waals surface area (Å²) in [7, 11) is 0. The van der Waals surface area contributed by atoms with Gasteiger partial charge < -0.3 is 10.7 Å². The summed E-state index contributed by atoms with van der Waals surface area (Å²) in [6, 6.07) is 0.673. The maximum absolute atomic E-state index is 13.5. The van der Waals surface area contributed by atoms with Crippen molar-refractivity contribution < 1.29 is 18.0 Å². The Kier molecular flexibility index (Phi) is 4.70. The number of halogens is 4. The quantitative estimate of drug-likeness (QED) is 0.627. The van der Waals surface area contributed by atoms with Crippen molar-refractivity contribution in [3.63, 3.8) is 0 Å². The Morgan fingerprint density at radius 1 is 1.34 bits per heavy atom. The number of pyridine rings is 1. The van der Waals surface area contributed by atoms with Crippen molar-refractivity contribution in [1.82, 2.24) is 24.4 Å². The minimum absolute atomic E-state index is 0.0606. The third-order valence-electron chi connectivity index (χ3n) is 5.27. The fraction of sp³-hybridized carbons (Fsp3) is 0.333. The molecule has 3 N–H and O–H groups in total. The number of hydrogen-bond donors (Lipinski definition) is 2. The van der Waals surface area contributed by atoms with E-state index in [-0.39, 0.29) is 18.8 Å². The largest absolute Gasteiger partial charge is 0.438 e. The van der Waals surface area contributed by atoms with E-state index >= 15 is 0 Å². The fourth-order valence-electron chi connectivity index (χ4n) is 4.11. The molecule has 0 radical (unpaired) electrons. The SMILES string of the molecule is NC(=O)[C@H]1CCC[N+]1(CC(F)(F)F)c1cncc(-c2c[nH]c3ncc(Cl)cc23)n1. The zero-order valence-electron chi connectivity index (χ0n) is 15.1. The lowest BCUT2D eigenvalue weighted by Crippen LogP contribution is -2.62. The third kappa shape index (κ3) is 3.53. The van der Waals surface area contributed by atoms with E-state index in [0.717, 1.165) is 0 Å². The first-order valence-electron chi connectivity index (χ1n) is 8.88. The smallest absolute Gasteiger partial charge is 0.364 e. The number of hydrogen-bond acceptors (Lipinski definition) is 4. The number of aromatic nitrogens is 4. The van der Waals surface area contributed by atoms with Crippen LogP contribution in [-0.2, 0) is 4.79 Å². The number of fused-ring (bicyclic) bond motifs is 1. The normalized spacial score (nSPS) is 22.3. The van der Waals surface area contributed by atoms with Crippen LogP contribution in [0.2, 0.25) is 5.02 Å². The summed E-state index contributed by atoms with van der Waals surface area (Å²) in [5.74, 6) is -0.715. The Labute approximate surface area is 168 Å². The topological polar surface area (TPSA) is 97.6 Å². The molecule has 4 rings (SSSR count). The number of likely N-dealkylation sites (tertiary alicyclic amines) is 1. The molecule has 29 heavy (non-hydrogen) atoms. The molecule has 3 aromatic heterocycles. The lowest BCUT2D eigenvalue weighted by Gasteiger charge is -2.37. The summed E-state index contributed by atoms with van der Waals surface area (Å²) in [5.41, 5.74) is 6.97. The number of quaternary nitrogens is 1. The van der Waals surface area contributed by atoms with Crippen molar-refractivity contribution in [2.24, 2.45) is 5.73 Å². The second-order valence-corrected chi connectivity index (χ2v) is 7.54. The van der Waals surface area contributed by atoms with Crippen LogP contribution in [0.3, 0.4) is 0 Å². The van der Waals surface area contributed by atoms with Gasteiger partial charge in [0, 0.05) is 36.2 Å². The number of H-pyrrole nitrogens is 1. The summed E-state index contributed by atoms with van der Waals surface area (Å²) < 4.78 is 39.7. The third-order valence-corrected chi connectivity index (χ3v) is 5.48. The minimum atomic E-state index is -4.51. The van der Waals surface area contributed by atoms with Crippen molar-refractivity contribution in [3.8, 4) is 11.3 Å². The Morgan fingerprint density at radius 2 is 2.14 bits per heavy atom. The maximum atomic E-state index is 13.5. The van der Waals surface area contributed by atoms with Crippen LogP contribution >= 0.6 is 11.6 Å². The highest BCUT2D eigenvalue weighted by molar-refractivity contribution is 6.31. The van der Waals surface area contributed by atoms with Gasteiger partial charge in [-0.15, -0.1) is 0 Å². The van der Waals surface area contributed by atoms with Crippen LogP contribution < -0.4 is 10.2 Å². The van der Waals surface area contributed by atoms with E-state index < -0.39 is 29.2 Å². The van der Waals surface area contributed by atoms with E-state index in [0.29, 0.717) is 33.7 Å². The molecule has 3 aromatic rings. The highest BCUT2D eigenvalue weighted by Crippen LogP contribution is 2.38. The molecule has 0 saturated carbocycles. The standard InChI is InChI=1S/C18H16ClF3N6O/c19-10-4-11-12(6-26-17(11)25-5-10)13-7-24-8-15(27-13)28(9-18(20,21)22)3-1-2-14(28)16(23)29/h4-8,14H,1-3,9H2,(H2-,23,25,26,27,29)/p+1/t14-,28?/m1/s1. The van der Waals surface area contributed by atoms with Gasteiger partial charge in [0.1, 0.15) is 11.8 Å². The first-order valence-corrected chi connectivity index (χ1v) is 9.26. The molecule has 1 fully saturated rings. The van der Waals surface area contributed by atoms with Gasteiger partial charge in [-0.3, -0.25) is 14.3 Å². The molecule has 11 heteroatoms. The van der Waals surface area contributed by atoms with Gasteiger partial charge in [0.05, 0.1) is 23.5 Å². The van der Waals surface area contributed by atoms with Gasteiger partial charge >= 0.3 is 6.18 Å². The second kappa shape index (κ2) is 6.96. The predicted molar refractivity (Wildman–Crippen MR) is 102 cm³/mol.